The normalized spacial score (nSPS) is 21.4. The lowest BCUT2D eigenvalue weighted by atomic mass is 9.93. The number of aryl methyl sites for hydroxylation is 1. The molecule has 0 aliphatic carbocycles. The summed E-state index contributed by atoms with van der Waals surface area (Å²) in [5.74, 6) is -3.33. The number of anilines is 1. The van der Waals surface area contributed by atoms with Crippen molar-refractivity contribution in [2.24, 2.45) is 7.05 Å². The Morgan fingerprint density at radius 1 is 1.05 bits per heavy atom. The molecule has 2 fully saturated rings. The second-order valence-corrected chi connectivity index (χ2v) is 11.0. The van der Waals surface area contributed by atoms with E-state index in [0.717, 1.165) is 17.0 Å². The van der Waals surface area contributed by atoms with Gasteiger partial charge < -0.3 is 9.80 Å². The number of benzene rings is 1. The van der Waals surface area contributed by atoms with Crippen LogP contribution in [0.15, 0.2) is 41.2 Å². The van der Waals surface area contributed by atoms with Crippen molar-refractivity contribution in [3.63, 3.8) is 0 Å². The number of pyridine rings is 1. The number of alkyl halides is 5. The Morgan fingerprint density at radius 2 is 1.70 bits per heavy atom. The standard InChI is InChI=1S/C29H30F5N7O2/c1-4-20-14-41(25-23-22(38(3)27(43)37-25)11-10-19(12-35)36-23)21(5-2)13-40(20)24(26(42)39-15-28(30,31)16-39)17-6-8-18(9-7-17)29(32,33)34/h6-11,20-21,24H,4-5,13-16H2,1-3H3/t20-,21+,24?/m1/s1. The monoisotopic (exact) mass is 603 g/mol. The highest BCUT2D eigenvalue weighted by atomic mass is 19.4. The molecule has 4 heterocycles. The number of hydrogen-bond donors (Lipinski definition) is 0. The summed E-state index contributed by atoms with van der Waals surface area (Å²) in [5.41, 5.74) is -0.137. The number of hydrogen-bond acceptors (Lipinski definition) is 7. The number of amides is 1. The van der Waals surface area contributed by atoms with E-state index in [4.69, 9.17) is 0 Å². The maximum Gasteiger partial charge on any atom is 0.416 e. The number of halogens is 5. The second kappa shape index (κ2) is 11.2. The molecule has 0 bridgehead atoms. The number of likely N-dealkylation sites (tertiary alicyclic amines) is 1. The van der Waals surface area contributed by atoms with E-state index >= 15 is 0 Å². The minimum Gasteiger partial charge on any atom is -0.349 e. The first-order valence-electron chi connectivity index (χ1n) is 13.9. The van der Waals surface area contributed by atoms with Crippen LogP contribution in [0.25, 0.3) is 11.0 Å². The first-order chi connectivity index (χ1) is 20.3. The summed E-state index contributed by atoms with van der Waals surface area (Å²) in [6.45, 7) is 2.77. The van der Waals surface area contributed by atoms with Gasteiger partial charge in [0.25, 0.3) is 5.92 Å². The van der Waals surface area contributed by atoms with E-state index in [-0.39, 0.29) is 36.4 Å². The van der Waals surface area contributed by atoms with E-state index in [0.29, 0.717) is 29.7 Å². The fourth-order valence-electron chi connectivity index (χ4n) is 5.90. The Morgan fingerprint density at radius 3 is 2.26 bits per heavy atom. The van der Waals surface area contributed by atoms with Crippen molar-refractivity contribution in [3.8, 4) is 6.07 Å². The van der Waals surface area contributed by atoms with Crippen LogP contribution < -0.4 is 10.6 Å². The molecule has 0 spiro atoms. The molecule has 2 aliphatic rings. The first-order valence-corrected chi connectivity index (χ1v) is 13.9. The van der Waals surface area contributed by atoms with E-state index in [1.165, 1.54) is 22.8 Å². The molecule has 1 amide bonds. The van der Waals surface area contributed by atoms with Crippen molar-refractivity contribution >= 4 is 22.8 Å². The van der Waals surface area contributed by atoms with Crippen LogP contribution in [0.2, 0.25) is 0 Å². The smallest absolute Gasteiger partial charge is 0.349 e. The molecule has 9 nitrogen and oxygen atoms in total. The van der Waals surface area contributed by atoms with Gasteiger partial charge in [-0.1, -0.05) is 26.0 Å². The summed E-state index contributed by atoms with van der Waals surface area (Å²) in [6.07, 6.45) is -3.56. The van der Waals surface area contributed by atoms with Crippen molar-refractivity contribution < 1.29 is 26.7 Å². The molecule has 2 aromatic heterocycles. The number of piperazine rings is 1. The average Bonchev–Trinajstić information content (AvgIpc) is 2.97. The van der Waals surface area contributed by atoms with Crippen molar-refractivity contribution in [3.05, 3.63) is 63.7 Å². The molecule has 43 heavy (non-hydrogen) atoms. The Balaban J connectivity index is 1.56. The zero-order valence-electron chi connectivity index (χ0n) is 23.8. The SMILES string of the molecule is CC[C@H]1CN(C(C(=O)N2CC(F)(F)C2)c2ccc(C(F)(F)F)cc2)[C@H](CC)CN1c1nc(=O)n(C)c2ccc(C#N)nc12. The minimum absolute atomic E-state index is 0.146. The van der Waals surface area contributed by atoms with E-state index in [1.54, 1.807) is 13.1 Å². The summed E-state index contributed by atoms with van der Waals surface area (Å²) < 4.78 is 68.8. The Bertz CT molecular complexity index is 1630. The van der Waals surface area contributed by atoms with Gasteiger partial charge in [0.15, 0.2) is 5.82 Å². The highest BCUT2D eigenvalue weighted by Gasteiger charge is 2.50. The van der Waals surface area contributed by atoms with Gasteiger partial charge in [-0.2, -0.15) is 23.4 Å². The lowest BCUT2D eigenvalue weighted by Gasteiger charge is -2.51. The van der Waals surface area contributed by atoms with Crippen molar-refractivity contribution in [2.75, 3.05) is 31.1 Å². The average molecular weight is 604 g/mol. The van der Waals surface area contributed by atoms with Crippen LogP contribution >= 0.6 is 0 Å². The third-order valence-electron chi connectivity index (χ3n) is 8.28. The van der Waals surface area contributed by atoms with Crippen LogP contribution in [0.1, 0.15) is 49.6 Å². The summed E-state index contributed by atoms with van der Waals surface area (Å²) in [6, 6.07) is 7.57. The third-order valence-corrected chi connectivity index (χ3v) is 8.28. The maximum absolute atomic E-state index is 13.8. The highest BCUT2D eigenvalue weighted by Crippen LogP contribution is 2.38. The van der Waals surface area contributed by atoms with Gasteiger partial charge in [0, 0.05) is 32.2 Å². The van der Waals surface area contributed by atoms with Crippen LogP contribution in [-0.4, -0.2) is 74.4 Å². The molecule has 2 aliphatic heterocycles. The third kappa shape index (κ3) is 5.65. The fourth-order valence-corrected chi connectivity index (χ4v) is 5.90. The summed E-state index contributed by atoms with van der Waals surface area (Å²) in [7, 11) is 1.55. The number of nitrogens with zero attached hydrogens (tertiary/aromatic N) is 7. The minimum atomic E-state index is -4.58. The summed E-state index contributed by atoms with van der Waals surface area (Å²) in [4.78, 5) is 40.2. The molecule has 0 N–H and O–H groups in total. The van der Waals surface area contributed by atoms with Crippen molar-refractivity contribution in [1.82, 2.24) is 24.3 Å². The zero-order chi connectivity index (χ0) is 31.3. The quantitative estimate of drug-likeness (QED) is 0.391. The Labute approximate surface area is 244 Å². The van der Waals surface area contributed by atoms with Gasteiger partial charge in [-0.25, -0.2) is 18.6 Å². The molecule has 0 saturated carbocycles. The van der Waals surface area contributed by atoms with Gasteiger partial charge in [-0.15, -0.1) is 0 Å². The predicted octanol–water partition coefficient (Wildman–Crippen LogP) is 4.12. The second-order valence-electron chi connectivity index (χ2n) is 11.0. The number of aromatic nitrogens is 3. The Hall–Kier alpha value is -4.12. The molecule has 228 valence electrons. The maximum atomic E-state index is 13.8. The number of carbonyl (C=O) groups excluding carboxylic acids is 1. The van der Waals surface area contributed by atoms with Gasteiger partial charge in [0.1, 0.15) is 23.3 Å². The van der Waals surface area contributed by atoms with Crippen LogP contribution in [0.4, 0.5) is 27.8 Å². The number of carbonyl (C=O) groups is 1. The molecule has 1 unspecified atom stereocenters. The van der Waals surface area contributed by atoms with Crippen LogP contribution in [0, 0.1) is 11.3 Å². The molecule has 3 aromatic rings. The number of fused-ring (bicyclic) bond motifs is 1. The predicted molar refractivity (Wildman–Crippen MR) is 147 cm³/mol. The van der Waals surface area contributed by atoms with E-state index < -0.39 is 48.4 Å². The summed E-state index contributed by atoms with van der Waals surface area (Å²) >= 11 is 0. The molecule has 2 saturated heterocycles. The molecule has 5 rings (SSSR count). The van der Waals surface area contributed by atoms with Gasteiger partial charge in [-0.05, 0) is 42.7 Å². The molecule has 1 aromatic carbocycles. The highest BCUT2D eigenvalue weighted by molar-refractivity contribution is 5.87. The van der Waals surface area contributed by atoms with E-state index in [2.05, 4.69) is 9.97 Å². The zero-order valence-corrected chi connectivity index (χ0v) is 23.8. The molecular formula is C29H30F5N7O2. The molecule has 14 heteroatoms. The van der Waals surface area contributed by atoms with Crippen molar-refractivity contribution in [2.45, 2.75) is 56.9 Å². The molecule has 3 atom stereocenters. The summed E-state index contributed by atoms with van der Waals surface area (Å²) in [5, 5.41) is 9.45. The van der Waals surface area contributed by atoms with E-state index in [9.17, 15) is 36.8 Å². The lowest BCUT2D eigenvalue weighted by Crippen LogP contribution is -2.64. The van der Waals surface area contributed by atoms with Gasteiger partial charge in [0.05, 0.1) is 24.2 Å². The molecule has 0 radical (unpaired) electrons. The fraction of sp³-hybridized carbons (Fsp3) is 0.483. The number of nitriles is 1. The van der Waals surface area contributed by atoms with Gasteiger partial charge in [0.2, 0.25) is 5.91 Å². The largest absolute Gasteiger partial charge is 0.416 e. The first kappa shape index (κ1) is 30.3. The van der Waals surface area contributed by atoms with Gasteiger partial charge >= 0.3 is 11.9 Å². The van der Waals surface area contributed by atoms with Crippen LogP contribution in [0.3, 0.4) is 0 Å². The number of rotatable bonds is 6. The van der Waals surface area contributed by atoms with E-state index in [1.807, 2.05) is 29.7 Å². The van der Waals surface area contributed by atoms with Crippen molar-refractivity contribution in [1.29, 1.82) is 5.26 Å². The van der Waals surface area contributed by atoms with Gasteiger partial charge in [-0.3, -0.25) is 14.3 Å². The van der Waals surface area contributed by atoms with Crippen LogP contribution in [-0.2, 0) is 18.0 Å². The molecular weight excluding hydrogens is 573 g/mol. The Kier molecular flexibility index (Phi) is 7.89. The topological polar surface area (TPSA) is 98.4 Å². The lowest BCUT2D eigenvalue weighted by molar-refractivity contribution is -0.172. The van der Waals surface area contributed by atoms with Crippen LogP contribution in [0.5, 0.6) is 0 Å².